The van der Waals surface area contributed by atoms with Gasteiger partial charge in [0.2, 0.25) is 0 Å². The molecule has 0 aliphatic carbocycles. The van der Waals surface area contributed by atoms with Gasteiger partial charge in [0.15, 0.2) is 0 Å². The molecular weight excluding hydrogens is 519 g/mol. The van der Waals surface area contributed by atoms with Crippen molar-refractivity contribution in [3.63, 3.8) is 0 Å². The van der Waals surface area contributed by atoms with Gasteiger partial charge in [-0.3, -0.25) is 4.90 Å². The summed E-state index contributed by atoms with van der Waals surface area (Å²) in [5, 5.41) is 3.24. The topological polar surface area (TPSA) is 73.5 Å². The van der Waals surface area contributed by atoms with Crippen LogP contribution in [0, 0.1) is 6.92 Å². The van der Waals surface area contributed by atoms with Crippen molar-refractivity contribution in [1.82, 2.24) is 25.1 Å². The van der Waals surface area contributed by atoms with Crippen molar-refractivity contribution >= 4 is 6.03 Å². The standard InChI is InChI=1S/C30H36F3N5O2/c1-21-27(36-28(34-21)23-7-9-24(10-8-23)30(31,32)33)20-37-15-11-26(12-16-37)38(19-22-5-3-2-4-6-22)29(39)35-25-13-17-40-18-14-25/h2-10,25-26H,11-20H2,1H3,(H,34,36)(H,35,39). The number of rotatable bonds is 7. The summed E-state index contributed by atoms with van der Waals surface area (Å²) in [6, 6.07) is 15.4. The minimum atomic E-state index is -4.36. The van der Waals surface area contributed by atoms with Gasteiger partial charge in [0.05, 0.1) is 11.3 Å². The van der Waals surface area contributed by atoms with E-state index in [0.717, 1.165) is 67.9 Å². The van der Waals surface area contributed by atoms with Gasteiger partial charge in [-0.25, -0.2) is 9.78 Å². The Morgan fingerprint density at radius 1 is 1.05 bits per heavy atom. The van der Waals surface area contributed by atoms with Crippen molar-refractivity contribution in [2.24, 2.45) is 0 Å². The number of imidazole rings is 1. The number of halogens is 3. The van der Waals surface area contributed by atoms with E-state index < -0.39 is 11.7 Å². The molecule has 0 spiro atoms. The monoisotopic (exact) mass is 555 g/mol. The lowest BCUT2D eigenvalue weighted by Gasteiger charge is -2.39. The summed E-state index contributed by atoms with van der Waals surface area (Å²) in [5.41, 5.74) is 2.83. The first-order valence-corrected chi connectivity index (χ1v) is 13.9. The van der Waals surface area contributed by atoms with Crippen molar-refractivity contribution in [3.05, 3.63) is 77.1 Å². The number of aromatic amines is 1. The second-order valence-corrected chi connectivity index (χ2v) is 10.7. The smallest absolute Gasteiger partial charge is 0.381 e. The van der Waals surface area contributed by atoms with Crippen molar-refractivity contribution in [1.29, 1.82) is 0 Å². The lowest BCUT2D eigenvalue weighted by molar-refractivity contribution is -0.137. The van der Waals surface area contributed by atoms with Gasteiger partial charge in [-0.05, 0) is 50.3 Å². The van der Waals surface area contributed by atoms with Crippen molar-refractivity contribution in [3.8, 4) is 11.4 Å². The van der Waals surface area contributed by atoms with Crippen LogP contribution in [0.2, 0.25) is 0 Å². The van der Waals surface area contributed by atoms with Gasteiger partial charge in [-0.1, -0.05) is 42.5 Å². The predicted octanol–water partition coefficient (Wildman–Crippen LogP) is 5.76. The molecular formula is C30H36F3N5O2. The number of hydrogen-bond acceptors (Lipinski definition) is 4. The van der Waals surface area contributed by atoms with Gasteiger partial charge in [-0.2, -0.15) is 13.2 Å². The van der Waals surface area contributed by atoms with Crippen LogP contribution < -0.4 is 5.32 Å². The molecule has 0 radical (unpaired) electrons. The van der Waals surface area contributed by atoms with Gasteiger partial charge in [0.1, 0.15) is 5.82 Å². The number of likely N-dealkylation sites (tertiary alicyclic amines) is 1. The summed E-state index contributed by atoms with van der Waals surface area (Å²) in [4.78, 5) is 25.7. The number of carbonyl (C=O) groups excluding carboxylic acids is 1. The minimum Gasteiger partial charge on any atom is -0.381 e. The second kappa shape index (κ2) is 12.4. The van der Waals surface area contributed by atoms with Crippen LogP contribution in [-0.4, -0.2) is 64.2 Å². The number of aryl methyl sites for hydroxylation is 1. The van der Waals surface area contributed by atoms with E-state index in [1.54, 1.807) is 0 Å². The zero-order valence-corrected chi connectivity index (χ0v) is 22.7. The Balaban J connectivity index is 1.21. The van der Waals surface area contributed by atoms with Gasteiger partial charge < -0.3 is 19.9 Å². The Hall–Kier alpha value is -3.37. The first-order chi connectivity index (χ1) is 19.3. The molecule has 2 aliphatic rings. The summed E-state index contributed by atoms with van der Waals surface area (Å²) in [7, 11) is 0. The summed E-state index contributed by atoms with van der Waals surface area (Å²) in [5.74, 6) is 0.565. The minimum absolute atomic E-state index is 0.0152. The van der Waals surface area contributed by atoms with E-state index in [1.807, 2.05) is 30.0 Å². The van der Waals surface area contributed by atoms with Crippen LogP contribution >= 0.6 is 0 Å². The summed E-state index contributed by atoms with van der Waals surface area (Å²) >= 11 is 0. The number of urea groups is 1. The average molecular weight is 556 g/mol. The highest BCUT2D eigenvalue weighted by Crippen LogP contribution is 2.31. The summed E-state index contributed by atoms with van der Waals surface area (Å²) in [6.45, 7) is 6.14. The van der Waals surface area contributed by atoms with Crippen LogP contribution in [-0.2, 0) is 24.0 Å². The van der Waals surface area contributed by atoms with E-state index >= 15 is 0 Å². The van der Waals surface area contributed by atoms with Gasteiger partial charge in [-0.15, -0.1) is 0 Å². The van der Waals surface area contributed by atoms with E-state index in [9.17, 15) is 18.0 Å². The largest absolute Gasteiger partial charge is 0.416 e. The predicted molar refractivity (Wildman–Crippen MR) is 146 cm³/mol. The van der Waals surface area contributed by atoms with Gasteiger partial charge in [0.25, 0.3) is 0 Å². The molecule has 0 unspecified atom stereocenters. The highest BCUT2D eigenvalue weighted by atomic mass is 19.4. The number of carbonyl (C=O) groups is 1. The SMILES string of the molecule is Cc1[nH]c(-c2ccc(C(F)(F)F)cc2)nc1CN1CCC(N(Cc2ccccc2)C(=O)NC2CCOCC2)CC1. The maximum absolute atomic E-state index is 13.4. The van der Waals surface area contributed by atoms with Gasteiger partial charge >= 0.3 is 12.2 Å². The molecule has 2 aliphatic heterocycles. The number of ether oxygens (including phenoxy) is 1. The Labute approximate surface area is 232 Å². The van der Waals surface area contributed by atoms with Crippen LogP contribution in [0.3, 0.4) is 0 Å². The lowest BCUT2D eigenvalue weighted by atomic mass is 10.0. The fourth-order valence-corrected chi connectivity index (χ4v) is 5.45. The number of aromatic nitrogens is 2. The molecule has 2 fully saturated rings. The zero-order chi connectivity index (χ0) is 28.1. The molecule has 214 valence electrons. The quantitative estimate of drug-likeness (QED) is 0.389. The molecule has 7 nitrogen and oxygen atoms in total. The lowest BCUT2D eigenvalue weighted by Crippen LogP contribution is -2.52. The van der Waals surface area contributed by atoms with E-state index in [0.29, 0.717) is 37.7 Å². The van der Waals surface area contributed by atoms with E-state index in [4.69, 9.17) is 9.72 Å². The number of piperidine rings is 1. The maximum Gasteiger partial charge on any atom is 0.416 e. The number of H-pyrrole nitrogens is 1. The Morgan fingerprint density at radius 2 is 1.73 bits per heavy atom. The highest BCUT2D eigenvalue weighted by molar-refractivity contribution is 5.75. The average Bonchev–Trinajstić information content (AvgIpc) is 3.32. The first-order valence-electron chi connectivity index (χ1n) is 13.9. The van der Waals surface area contributed by atoms with Crippen LogP contribution in [0.1, 0.15) is 48.2 Å². The Kier molecular flexibility index (Phi) is 8.75. The van der Waals surface area contributed by atoms with Crippen LogP contribution in [0.4, 0.5) is 18.0 Å². The van der Waals surface area contributed by atoms with Gasteiger partial charge in [0, 0.05) is 62.7 Å². The molecule has 2 saturated heterocycles. The normalized spacial score (nSPS) is 17.6. The zero-order valence-electron chi connectivity index (χ0n) is 22.7. The van der Waals surface area contributed by atoms with Crippen LogP contribution in [0.15, 0.2) is 54.6 Å². The number of nitrogens with zero attached hydrogens (tertiary/aromatic N) is 3. The van der Waals surface area contributed by atoms with Crippen LogP contribution in [0.5, 0.6) is 0 Å². The molecule has 5 rings (SSSR count). The van der Waals surface area contributed by atoms with E-state index in [-0.39, 0.29) is 18.1 Å². The number of hydrogen-bond donors (Lipinski definition) is 2. The fraction of sp³-hybridized carbons (Fsp3) is 0.467. The van der Waals surface area contributed by atoms with Crippen LogP contribution in [0.25, 0.3) is 11.4 Å². The van der Waals surface area contributed by atoms with E-state index in [1.165, 1.54) is 12.1 Å². The summed E-state index contributed by atoms with van der Waals surface area (Å²) < 4.78 is 44.2. The van der Waals surface area contributed by atoms with Crippen molar-refractivity contribution in [2.75, 3.05) is 26.3 Å². The molecule has 2 amide bonds. The number of alkyl halides is 3. The fourth-order valence-electron chi connectivity index (χ4n) is 5.45. The first kappa shape index (κ1) is 28.2. The molecule has 0 atom stereocenters. The van der Waals surface area contributed by atoms with E-state index in [2.05, 4.69) is 27.3 Å². The highest BCUT2D eigenvalue weighted by Gasteiger charge is 2.31. The van der Waals surface area contributed by atoms with Crippen molar-refractivity contribution < 1.29 is 22.7 Å². The maximum atomic E-state index is 13.4. The number of nitrogens with one attached hydrogen (secondary N) is 2. The Bertz CT molecular complexity index is 1250. The second-order valence-electron chi connectivity index (χ2n) is 10.7. The molecule has 10 heteroatoms. The molecule has 40 heavy (non-hydrogen) atoms. The third-order valence-corrected chi connectivity index (χ3v) is 7.85. The third kappa shape index (κ3) is 7.03. The molecule has 3 aromatic rings. The molecule has 0 saturated carbocycles. The Morgan fingerprint density at radius 3 is 2.38 bits per heavy atom. The molecule has 1 aromatic heterocycles. The third-order valence-electron chi connectivity index (χ3n) is 7.85. The van der Waals surface area contributed by atoms with Crippen molar-refractivity contribution in [2.45, 2.75) is 64.0 Å². The molecule has 3 heterocycles. The molecule has 2 aromatic carbocycles. The number of benzene rings is 2. The number of amides is 2. The molecule has 0 bridgehead atoms. The molecule has 2 N–H and O–H groups in total. The summed E-state index contributed by atoms with van der Waals surface area (Å²) in [6.07, 6.45) is -0.995.